The summed E-state index contributed by atoms with van der Waals surface area (Å²) in [5.74, 6) is 0.266. The van der Waals surface area contributed by atoms with Crippen LogP contribution in [0, 0.1) is 0 Å². The minimum atomic E-state index is 0.266. The molecule has 0 saturated heterocycles. The van der Waals surface area contributed by atoms with Crippen molar-refractivity contribution in [3.8, 4) is 0 Å². The molecule has 0 aliphatic rings. The summed E-state index contributed by atoms with van der Waals surface area (Å²) < 4.78 is 4.59. The fourth-order valence-corrected chi connectivity index (χ4v) is 0.831. The summed E-state index contributed by atoms with van der Waals surface area (Å²) in [6.45, 7) is 1.79. The van der Waals surface area contributed by atoms with Crippen LogP contribution in [0.5, 0.6) is 0 Å². The zero-order valence-electron chi connectivity index (χ0n) is 6.49. The van der Waals surface area contributed by atoms with Gasteiger partial charge < -0.3 is 10.3 Å². The highest BCUT2D eigenvalue weighted by molar-refractivity contribution is 6.49. The Balaban J connectivity index is 2.91. The topological polar surface area (TPSA) is 64.4 Å². The SMILES string of the molecule is C/C=N/C=C(/Cl)c1conc1N. The largest absolute Gasteiger partial charge is 0.380 e. The van der Waals surface area contributed by atoms with Crippen LogP contribution in [0.25, 0.3) is 5.03 Å². The van der Waals surface area contributed by atoms with E-state index in [1.807, 2.05) is 0 Å². The molecule has 0 saturated carbocycles. The van der Waals surface area contributed by atoms with Crippen molar-refractivity contribution in [2.75, 3.05) is 5.73 Å². The molecule has 4 nitrogen and oxygen atoms in total. The van der Waals surface area contributed by atoms with Gasteiger partial charge in [-0.25, -0.2) is 0 Å². The minimum Gasteiger partial charge on any atom is -0.380 e. The van der Waals surface area contributed by atoms with E-state index in [0.29, 0.717) is 10.6 Å². The first-order valence-electron chi connectivity index (χ1n) is 3.29. The van der Waals surface area contributed by atoms with Gasteiger partial charge in [0.05, 0.1) is 10.6 Å². The average Bonchev–Trinajstić information content (AvgIpc) is 2.47. The zero-order chi connectivity index (χ0) is 8.97. The lowest BCUT2D eigenvalue weighted by Gasteiger charge is -1.90. The summed E-state index contributed by atoms with van der Waals surface area (Å²) in [7, 11) is 0. The first-order chi connectivity index (χ1) is 5.75. The number of rotatable bonds is 2. The molecule has 5 heteroatoms. The highest BCUT2D eigenvalue weighted by Gasteiger charge is 2.06. The number of hydrogen-bond acceptors (Lipinski definition) is 4. The number of hydrogen-bond donors (Lipinski definition) is 1. The van der Waals surface area contributed by atoms with Gasteiger partial charge in [0.1, 0.15) is 6.26 Å². The third-order valence-electron chi connectivity index (χ3n) is 1.19. The van der Waals surface area contributed by atoms with Gasteiger partial charge in [0.2, 0.25) is 0 Å². The smallest absolute Gasteiger partial charge is 0.175 e. The molecule has 0 atom stereocenters. The van der Waals surface area contributed by atoms with E-state index in [1.165, 1.54) is 12.5 Å². The van der Waals surface area contributed by atoms with Gasteiger partial charge >= 0.3 is 0 Å². The van der Waals surface area contributed by atoms with Crippen molar-refractivity contribution in [1.29, 1.82) is 0 Å². The third kappa shape index (κ3) is 1.85. The van der Waals surface area contributed by atoms with E-state index in [2.05, 4.69) is 14.7 Å². The monoisotopic (exact) mass is 185 g/mol. The lowest BCUT2D eigenvalue weighted by Crippen LogP contribution is -1.87. The van der Waals surface area contributed by atoms with Crippen LogP contribution in [0.4, 0.5) is 5.82 Å². The van der Waals surface area contributed by atoms with Gasteiger partial charge in [0, 0.05) is 12.4 Å². The highest BCUT2D eigenvalue weighted by atomic mass is 35.5. The molecule has 0 fully saturated rings. The van der Waals surface area contributed by atoms with Crippen molar-refractivity contribution in [2.45, 2.75) is 6.92 Å². The number of nitrogens with zero attached hydrogens (tertiary/aromatic N) is 2. The maximum absolute atomic E-state index is 5.80. The maximum atomic E-state index is 5.80. The van der Waals surface area contributed by atoms with Gasteiger partial charge in [-0.3, -0.25) is 4.99 Å². The van der Waals surface area contributed by atoms with Crippen LogP contribution in [0.3, 0.4) is 0 Å². The van der Waals surface area contributed by atoms with Crippen LogP contribution in [0.2, 0.25) is 0 Å². The average molecular weight is 186 g/mol. The van der Waals surface area contributed by atoms with Gasteiger partial charge in [-0.2, -0.15) is 0 Å². The van der Waals surface area contributed by atoms with Gasteiger partial charge in [-0.05, 0) is 6.92 Å². The molecule has 0 amide bonds. The highest BCUT2D eigenvalue weighted by Crippen LogP contribution is 2.23. The number of nitrogens with two attached hydrogens (primary N) is 1. The number of halogens is 1. The predicted molar refractivity (Wildman–Crippen MR) is 48.9 cm³/mol. The van der Waals surface area contributed by atoms with Crippen LogP contribution in [0.15, 0.2) is 22.0 Å². The molecule has 64 valence electrons. The molecular weight excluding hydrogens is 178 g/mol. The standard InChI is InChI=1S/C7H8ClN3O/c1-2-10-3-6(8)5-4-12-11-7(5)9/h2-4H,1H3,(H2,9,11)/b6-3+,10-2+. The number of anilines is 1. The Bertz CT molecular complexity index is 316. The van der Waals surface area contributed by atoms with Gasteiger partial charge in [0.25, 0.3) is 0 Å². The molecule has 0 spiro atoms. The molecule has 0 radical (unpaired) electrons. The van der Waals surface area contributed by atoms with Crippen LogP contribution < -0.4 is 5.73 Å². The van der Waals surface area contributed by atoms with Gasteiger partial charge in [-0.15, -0.1) is 0 Å². The van der Waals surface area contributed by atoms with Gasteiger partial charge in [0.15, 0.2) is 5.82 Å². The Morgan fingerprint density at radius 2 is 2.58 bits per heavy atom. The second-order valence-electron chi connectivity index (χ2n) is 2.00. The zero-order valence-corrected chi connectivity index (χ0v) is 7.25. The van der Waals surface area contributed by atoms with Crippen molar-refractivity contribution < 1.29 is 4.52 Å². The maximum Gasteiger partial charge on any atom is 0.175 e. The molecule has 0 aliphatic carbocycles. The number of nitrogen functional groups attached to an aromatic ring is 1. The summed E-state index contributed by atoms with van der Waals surface area (Å²) in [5, 5.41) is 3.88. The van der Waals surface area contributed by atoms with Crippen LogP contribution in [-0.4, -0.2) is 11.4 Å². The molecule has 1 aromatic rings. The van der Waals surface area contributed by atoms with Crippen LogP contribution in [0.1, 0.15) is 12.5 Å². The molecule has 12 heavy (non-hydrogen) atoms. The van der Waals surface area contributed by atoms with Gasteiger partial charge in [-0.1, -0.05) is 16.8 Å². The summed E-state index contributed by atoms with van der Waals surface area (Å²) in [6.07, 6.45) is 4.47. The molecule has 0 bridgehead atoms. The van der Waals surface area contributed by atoms with Crippen molar-refractivity contribution in [3.05, 3.63) is 18.0 Å². The first-order valence-corrected chi connectivity index (χ1v) is 3.67. The van der Waals surface area contributed by atoms with Crippen LogP contribution >= 0.6 is 11.6 Å². The van der Waals surface area contributed by atoms with E-state index in [-0.39, 0.29) is 5.82 Å². The Kier molecular flexibility index (Phi) is 2.88. The van der Waals surface area contributed by atoms with E-state index < -0.39 is 0 Å². The quantitative estimate of drug-likeness (QED) is 0.716. The van der Waals surface area contributed by atoms with E-state index in [1.54, 1.807) is 13.1 Å². The minimum absolute atomic E-state index is 0.266. The molecular formula is C7H8ClN3O. The number of aliphatic imine (C=N–C) groups is 1. The Morgan fingerprint density at radius 3 is 3.08 bits per heavy atom. The lowest BCUT2D eigenvalue weighted by molar-refractivity contribution is 0.423. The second kappa shape index (κ2) is 3.92. The molecule has 1 rings (SSSR count). The molecule has 0 aliphatic heterocycles. The van der Waals surface area contributed by atoms with Crippen molar-refractivity contribution >= 4 is 28.7 Å². The summed E-state index contributed by atoms with van der Waals surface area (Å²) in [5.41, 5.74) is 5.99. The van der Waals surface area contributed by atoms with E-state index in [0.717, 1.165) is 0 Å². The van der Waals surface area contributed by atoms with Crippen molar-refractivity contribution in [1.82, 2.24) is 5.16 Å². The molecule has 0 unspecified atom stereocenters. The summed E-state index contributed by atoms with van der Waals surface area (Å²) in [6, 6.07) is 0. The third-order valence-corrected chi connectivity index (χ3v) is 1.49. The van der Waals surface area contributed by atoms with Crippen LogP contribution in [-0.2, 0) is 0 Å². The predicted octanol–water partition coefficient (Wildman–Crippen LogP) is 1.88. The Morgan fingerprint density at radius 1 is 1.83 bits per heavy atom. The normalized spacial score (nSPS) is 12.7. The molecule has 1 aromatic heterocycles. The molecule has 0 aromatic carbocycles. The lowest BCUT2D eigenvalue weighted by atomic mass is 10.3. The molecule has 2 N–H and O–H groups in total. The van der Waals surface area contributed by atoms with Crippen molar-refractivity contribution in [2.24, 2.45) is 4.99 Å². The first kappa shape index (κ1) is 8.80. The summed E-state index contributed by atoms with van der Waals surface area (Å²) in [4.78, 5) is 3.82. The summed E-state index contributed by atoms with van der Waals surface area (Å²) >= 11 is 5.80. The fraction of sp³-hybridized carbons (Fsp3) is 0.143. The van der Waals surface area contributed by atoms with Crippen molar-refractivity contribution in [3.63, 3.8) is 0 Å². The van der Waals surface area contributed by atoms with E-state index in [4.69, 9.17) is 17.3 Å². The second-order valence-corrected chi connectivity index (χ2v) is 2.40. The molecule has 1 heterocycles. The van der Waals surface area contributed by atoms with E-state index in [9.17, 15) is 0 Å². The Labute approximate surface area is 74.7 Å². The fourth-order valence-electron chi connectivity index (χ4n) is 0.634. The number of aromatic nitrogens is 1. The Hall–Kier alpha value is -1.29. The van der Waals surface area contributed by atoms with E-state index >= 15 is 0 Å².